The van der Waals surface area contributed by atoms with Gasteiger partial charge in [0.15, 0.2) is 0 Å². The van der Waals surface area contributed by atoms with Gasteiger partial charge in [-0.25, -0.2) is 0 Å². The van der Waals surface area contributed by atoms with Gasteiger partial charge in [0, 0.05) is 25.1 Å². The van der Waals surface area contributed by atoms with Crippen LogP contribution in [0.5, 0.6) is 0 Å². The van der Waals surface area contributed by atoms with E-state index >= 15 is 0 Å². The van der Waals surface area contributed by atoms with Crippen LogP contribution in [0.1, 0.15) is 23.0 Å². The number of hydrogen-bond donors (Lipinski definition) is 1. The summed E-state index contributed by atoms with van der Waals surface area (Å²) in [6.45, 7) is 2.09. The van der Waals surface area contributed by atoms with Crippen molar-refractivity contribution >= 4 is 10.9 Å². The van der Waals surface area contributed by atoms with E-state index in [1.807, 2.05) is 37.1 Å². The molecule has 0 spiro atoms. The van der Waals surface area contributed by atoms with Crippen LogP contribution in [0.4, 0.5) is 0 Å². The van der Waals surface area contributed by atoms with E-state index in [0.717, 1.165) is 17.8 Å². The predicted molar refractivity (Wildman–Crippen MR) is 85.2 cm³/mol. The number of likely N-dealkylation sites (N-methyl/N-ethyl adjacent to an activating group) is 1. The molecular weight excluding hydrogens is 260 g/mol. The fraction of sp³-hybridized carbons (Fsp3) is 0.294. The van der Waals surface area contributed by atoms with E-state index < -0.39 is 0 Å². The van der Waals surface area contributed by atoms with Crippen molar-refractivity contribution in [1.29, 1.82) is 0 Å². The Kier molecular flexibility index (Phi) is 3.71. The van der Waals surface area contributed by atoms with Gasteiger partial charge in [0.1, 0.15) is 0 Å². The molecule has 1 atom stereocenters. The number of benzene rings is 1. The van der Waals surface area contributed by atoms with Gasteiger partial charge in [-0.15, -0.1) is 0 Å². The van der Waals surface area contributed by atoms with Crippen molar-refractivity contribution in [2.24, 2.45) is 7.05 Å². The standard InChI is InChI=1S/C17H20N4/c1-12-8-9-19-16(10-12)15(18-2)11-14-13-6-4-5-7-17(13)21(3)20-14/h4-10,15,18H,11H2,1-3H3. The van der Waals surface area contributed by atoms with Gasteiger partial charge in [0.2, 0.25) is 0 Å². The zero-order valence-electron chi connectivity index (χ0n) is 12.7. The normalized spacial score (nSPS) is 12.7. The Hall–Kier alpha value is -2.20. The molecule has 1 aromatic carbocycles. The molecule has 3 rings (SSSR count). The van der Waals surface area contributed by atoms with Crippen molar-refractivity contribution in [3.05, 3.63) is 59.5 Å². The molecule has 0 aliphatic rings. The Balaban J connectivity index is 1.96. The first-order valence-electron chi connectivity index (χ1n) is 7.19. The second-order valence-corrected chi connectivity index (χ2v) is 5.39. The summed E-state index contributed by atoms with van der Waals surface area (Å²) in [5.41, 5.74) is 4.56. The summed E-state index contributed by atoms with van der Waals surface area (Å²) in [7, 11) is 3.96. The molecule has 0 amide bonds. The highest BCUT2D eigenvalue weighted by molar-refractivity contribution is 5.81. The van der Waals surface area contributed by atoms with Gasteiger partial charge < -0.3 is 5.32 Å². The maximum atomic E-state index is 4.67. The summed E-state index contributed by atoms with van der Waals surface area (Å²) in [5, 5.41) is 9.25. The van der Waals surface area contributed by atoms with E-state index in [0.29, 0.717) is 0 Å². The predicted octanol–water partition coefficient (Wildman–Crippen LogP) is 2.78. The molecule has 3 aromatic rings. The maximum absolute atomic E-state index is 4.67. The lowest BCUT2D eigenvalue weighted by Gasteiger charge is -2.15. The topological polar surface area (TPSA) is 42.7 Å². The summed E-state index contributed by atoms with van der Waals surface area (Å²) in [4.78, 5) is 4.50. The van der Waals surface area contributed by atoms with Crippen molar-refractivity contribution < 1.29 is 0 Å². The van der Waals surface area contributed by atoms with Gasteiger partial charge in [0.25, 0.3) is 0 Å². The molecule has 1 unspecified atom stereocenters. The molecule has 0 bridgehead atoms. The molecule has 108 valence electrons. The zero-order valence-corrected chi connectivity index (χ0v) is 12.7. The van der Waals surface area contributed by atoms with Crippen molar-refractivity contribution in [2.45, 2.75) is 19.4 Å². The second kappa shape index (κ2) is 5.66. The highest BCUT2D eigenvalue weighted by atomic mass is 15.3. The summed E-state index contributed by atoms with van der Waals surface area (Å²) in [5.74, 6) is 0. The molecule has 4 nitrogen and oxygen atoms in total. The molecule has 0 fully saturated rings. The van der Waals surface area contributed by atoms with Crippen LogP contribution in [-0.4, -0.2) is 21.8 Å². The van der Waals surface area contributed by atoms with Crippen LogP contribution in [0.2, 0.25) is 0 Å². The van der Waals surface area contributed by atoms with E-state index in [4.69, 9.17) is 0 Å². The van der Waals surface area contributed by atoms with Crippen LogP contribution >= 0.6 is 0 Å². The van der Waals surface area contributed by atoms with Crippen molar-refractivity contribution in [3.8, 4) is 0 Å². The van der Waals surface area contributed by atoms with Gasteiger partial charge in [-0.3, -0.25) is 9.67 Å². The van der Waals surface area contributed by atoms with Crippen LogP contribution < -0.4 is 5.32 Å². The van der Waals surface area contributed by atoms with E-state index in [9.17, 15) is 0 Å². The van der Waals surface area contributed by atoms with Gasteiger partial charge in [-0.1, -0.05) is 18.2 Å². The van der Waals surface area contributed by atoms with Crippen LogP contribution in [-0.2, 0) is 13.5 Å². The molecular formula is C17H20N4. The van der Waals surface area contributed by atoms with Crippen LogP contribution in [0, 0.1) is 6.92 Å². The lowest BCUT2D eigenvalue weighted by molar-refractivity contribution is 0.564. The highest BCUT2D eigenvalue weighted by Gasteiger charge is 2.16. The van der Waals surface area contributed by atoms with Gasteiger partial charge in [0.05, 0.1) is 22.9 Å². The molecule has 1 N–H and O–H groups in total. The Morgan fingerprint density at radius 2 is 2.05 bits per heavy atom. The Morgan fingerprint density at radius 1 is 1.24 bits per heavy atom. The van der Waals surface area contributed by atoms with E-state index in [-0.39, 0.29) is 6.04 Å². The van der Waals surface area contributed by atoms with Crippen LogP contribution in [0.3, 0.4) is 0 Å². The quantitative estimate of drug-likeness (QED) is 0.799. The first-order chi connectivity index (χ1) is 10.2. The molecule has 0 aliphatic carbocycles. The number of aromatic nitrogens is 3. The smallest absolute Gasteiger partial charge is 0.0722 e. The number of para-hydroxylation sites is 1. The molecule has 0 radical (unpaired) electrons. The average molecular weight is 280 g/mol. The molecule has 2 aromatic heterocycles. The number of nitrogens with one attached hydrogen (secondary N) is 1. The number of hydrogen-bond acceptors (Lipinski definition) is 3. The van der Waals surface area contributed by atoms with Crippen molar-refractivity contribution in [3.63, 3.8) is 0 Å². The van der Waals surface area contributed by atoms with Crippen LogP contribution in [0.15, 0.2) is 42.6 Å². The average Bonchev–Trinajstić information content (AvgIpc) is 2.82. The molecule has 2 heterocycles. The molecule has 21 heavy (non-hydrogen) atoms. The zero-order chi connectivity index (χ0) is 14.8. The minimum absolute atomic E-state index is 0.170. The lowest BCUT2D eigenvalue weighted by atomic mass is 10.0. The van der Waals surface area contributed by atoms with E-state index in [1.54, 1.807) is 0 Å². The molecule has 0 saturated heterocycles. The second-order valence-electron chi connectivity index (χ2n) is 5.39. The molecule has 0 aliphatic heterocycles. The minimum Gasteiger partial charge on any atom is -0.311 e. The summed E-state index contributed by atoms with van der Waals surface area (Å²) in [6, 6.07) is 12.7. The molecule has 0 saturated carbocycles. The maximum Gasteiger partial charge on any atom is 0.0722 e. The number of rotatable bonds is 4. The summed E-state index contributed by atoms with van der Waals surface area (Å²) < 4.78 is 1.95. The Labute approximate surface area is 124 Å². The third-order valence-corrected chi connectivity index (χ3v) is 3.87. The summed E-state index contributed by atoms with van der Waals surface area (Å²) >= 11 is 0. The van der Waals surface area contributed by atoms with E-state index in [2.05, 4.69) is 46.6 Å². The first kappa shape index (κ1) is 13.8. The fourth-order valence-corrected chi connectivity index (χ4v) is 2.74. The Bertz CT molecular complexity index is 760. The Morgan fingerprint density at radius 3 is 2.81 bits per heavy atom. The number of nitrogens with zero attached hydrogens (tertiary/aromatic N) is 3. The van der Waals surface area contributed by atoms with Crippen molar-refractivity contribution in [1.82, 2.24) is 20.1 Å². The van der Waals surface area contributed by atoms with Gasteiger partial charge in [-0.05, 0) is 37.7 Å². The van der Waals surface area contributed by atoms with Crippen molar-refractivity contribution in [2.75, 3.05) is 7.05 Å². The lowest BCUT2D eigenvalue weighted by Crippen LogP contribution is -2.20. The minimum atomic E-state index is 0.170. The molecule has 4 heteroatoms. The van der Waals surface area contributed by atoms with Crippen LogP contribution in [0.25, 0.3) is 10.9 Å². The van der Waals surface area contributed by atoms with Gasteiger partial charge >= 0.3 is 0 Å². The van der Waals surface area contributed by atoms with Gasteiger partial charge in [-0.2, -0.15) is 5.10 Å². The third-order valence-electron chi connectivity index (χ3n) is 3.87. The number of pyridine rings is 1. The monoisotopic (exact) mass is 280 g/mol. The largest absolute Gasteiger partial charge is 0.311 e. The fourth-order valence-electron chi connectivity index (χ4n) is 2.74. The third kappa shape index (κ3) is 2.67. The highest BCUT2D eigenvalue weighted by Crippen LogP contribution is 2.23. The number of aryl methyl sites for hydroxylation is 2. The first-order valence-corrected chi connectivity index (χ1v) is 7.19. The summed E-state index contributed by atoms with van der Waals surface area (Å²) in [6.07, 6.45) is 2.69. The SMILES string of the molecule is CNC(Cc1nn(C)c2ccccc12)c1cc(C)ccn1. The van der Waals surface area contributed by atoms with E-state index in [1.165, 1.54) is 16.5 Å². The number of fused-ring (bicyclic) bond motifs is 1.